The summed E-state index contributed by atoms with van der Waals surface area (Å²) in [6.45, 7) is 7.45. The Bertz CT molecular complexity index is 1610. The summed E-state index contributed by atoms with van der Waals surface area (Å²) in [5.41, 5.74) is -0.714. The molecule has 11 nitrogen and oxygen atoms in total. The molecule has 4 rings (SSSR count). The van der Waals surface area contributed by atoms with Crippen LogP contribution in [0.4, 0.5) is 35.0 Å². The fraction of sp³-hybridized carbons (Fsp3) is 0.455. The van der Waals surface area contributed by atoms with Crippen molar-refractivity contribution in [1.82, 2.24) is 5.16 Å². The zero-order chi connectivity index (χ0) is 34.5. The van der Waals surface area contributed by atoms with Crippen LogP contribution in [0.5, 0.6) is 0 Å². The fourth-order valence-corrected chi connectivity index (χ4v) is 4.89. The van der Waals surface area contributed by atoms with Crippen molar-refractivity contribution < 1.29 is 46.3 Å². The van der Waals surface area contributed by atoms with E-state index in [0.29, 0.717) is 35.3 Å². The number of anilines is 3. The predicted octanol–water partition coefficient (Wildman–Crippen LogP) is 7.34. The molecule has 2 amide bonds. The van der Waals surface area contributed by atoms with Gasteiger partial charge in [0.25, 0.3) is 0 Å². The second-order valence-corrected chi connectivity index (χ2v) is 12.3. The number of carbonyl (C=O) groups excluding carboxylic acids is 3. The quantitative estimate of drug-likeness (QED) is 0.169. The number of rotatable bonds is 10. The summed E-state index contributed by atoms with van der Waals surface area (Å²) in [7, 11) is 2.82. The van der Waals surface area contributed by atoms with Gasteiger partial charge in [0.2, 0.25) is 5.91 Å². The lowest BCUT2D eigenvalue weighted by molar-refractivity contribution is -0.168. The number of carbonyl (C=O) groups is 3. The maximum Gasteiger partial charge on any atom is 0.418 e. The van der Waals surface area contributed by atoms with E-state index < -0.39 is 41.5 Å². The first kappa shape index (κ1) is 35.4. The maximum absolute atomic E-state index is 14.0. The van der Waals surface area contributed by atoms with Crippen LogP contribution < -0.4 is 15.5 Å². The standard InChI is InChI=1S/C33H39F3N4O7/c1-19-22(18-45-29-12-7-8-13-44-29)30(47-39-19)21-11-9-10-20(14-21)27(41)17-28(42)37-24-15-23(33(34,35)36)26(40(5)6)16-25(24)38-31(43)46-32(2,3)4/h9-11,14-16,29H,7-8,12-13,17-18H2,1-6H3,(H,37,42)(H,38,43). The van der Waals surface area contributed by atoms with Crippen LogP contribution >= 0.6 is 0 Å². The van der Waals surface area contributed by atoms with E-state index in [2.05, 4.69) is 15.8 Å². The van der Waals surface area contributed by atoms with Crippen LogP contribution in [0.3, 0.4) is 0 Å². The summed E-state index contributed by atoms with van der Waals surface area (Å²) in [6.07, 6.45) is -3.99. The Morgan fingerprint density at radius 3 is 2.40 bits per heavy atom. The number of aromatic nitrogens is 1. The zero-order valence-electron chi connectivity index (χ0n) is 27.2. The Balaban J connectivity index is 1.54. The van der Waals surface area contributed by atoms with Gasteiger partial charge in [0.1, 0.15) is 5.60 Å². The molecule has 1 aromatic heterocycles. The monoisotopic (exact) mass is 660 g/mol. The molecule has 254 valence electrons. The number of Topliss-reactive ketones (excluding diaryl/α,β-unsaturated/α-hetero) is 1. The van der Waals surface area contributed by atoms with E-state index in [4.69, 9.17) is 18.7 Å². The lowest BCUT2D eigenvalue weighted by atomic mass is 10.0. The molecular weight excluding hydrogens is 621 g/mol. The normalized spacial score (nSPS) is 15.2. The highest BCUT2D eigenvalue weighted by molar-refractivity contribution is 6.12. The highest BCUT2D eigenvalue weighted by atomic mass is 19.4. The number of aryl methyl sites for hydroxylation is 1. The first-order valence-corrected chi connectivity index (χ1v) is 15.1. The van der Waals surface area contributed by atoms with E-state index in [1.165, 1.54) is 25.1 Å². The van der Waals surface area contributed by atoms with Gasteiger partial charge in [0.05, 0.1) is 41.3 Å². The number of nitrogens with one attached hydrogen (secondary N) is 2. The minimum atomic E-state index is -4.79. The Labute approximate surface area is 270 Å². The average Bonchev–Trinajstić information content (AvgIpc) is 3.35. The lowest BCUT2D eigenvalue weighted by Gasteiger charge is -2.24. The van der Waals surface area contributed by atoms with Gasteiger partial charge in [-0.2, -0.15) is 13.2 Å². The second-order valence-electron chi connectivity index (χ2n) is 12.3. The molecule has 2 N–H and O–H groups in total. The van der Waals surface area contributed by atoms with Crippen LogP contribution in [0.2, 0.25) is 0 Å². The summed E-state index contributed by atoms with van der Waals surface area (Å²) in [5.74, 6) is -1.09. The largest absolute Gasteiger partial charge is 0.444 e. The molecule has 1 fully saturated rings. The molecule has 47 heavy (non-hydrogen) atoms. The Hall–Kier alpha value is -4.43. The van der Waals surface area contributed by atoms with Crippen LogP contribution in [-0.4, -0.2) is 55.5 Å². The molecule has 1 saturated heterocycles. The van der Waals surface area contributed by atoms with Gasteiger partial charge < -0.3 is 29.0 Å². The fourth-order valence-electron chi connectivity index (χ4n) is 4.89. The van der Waals surface area contributed by atoms with E-state index in [1.807, 2.05) is 0 Å². The minimum absolute atomic E-state index is 0.146. The van der Waals surface area contributed by atoms with Gasteiger partial charge in [0.15, 0.2) is 17.8 Å². The van der Waals surface area contributed by atoms with Gasteiger partial charge in [-0.05, 0) is 65.2 Å². The van der Waals surface area contributed by atoms with Crippen LogP contribution in [0.15, 0.2) is 40.9 Å². The topological polar surface area (TPSA) is 132 Å². The van der Waals surface area contributed by atoms with E-state index in [1.54, 1.807) is 45.9 Å². The van der Waals surface area contributed by atoms with Gasteiger partial charge in [-0.3, -0.25) is 14.9 Å². The van der Waals surface area contributed by atoms with Crippen LogP contribution in [0.1, 0.15) is 73.6 Å². The molecule has 3 aromatic rings. The van der Waals surface area contributed by atoms with Crippen LogP contribution in [0.25, 0.3) is 11.3 Å². The maximum atomic E-state index is 14.0. The van der Waals surface area contributed by atoms with E-state index in [0.717, 1.165) is 25.3 Å². The summed E-state index contributed by atoms with van der Waals surface area (Å²) in [4.78, 5) is 40.0. The highest BCUT2D eigenvalue weighted by Crippen LogP contribution is 2.41. The molecular formula is C33H39F3N4O7. The number of hydrogen-bond donors (Lipinski definition) is 2. The number of hydrogen-bond acceptors (Lipinski definition) is 9. The van der Waals surface area contributed by atoms with Crippen molar-refractivity contribution in [3.05, 3.63) is 58.8 Å². The third-order valence-corrected chi connectivity index (χ3v) is 7.14. The van der Waals surface area contributed by atoms with Gasteiger partial charge in [-0.1, -0.05) is 23.4 Å². The first-order valence-electron chi connectivity index (χ1n) is 15.1. The number of nitrogens with zero attached hydrogens (tertiary/aromatic N) is 2. The number of ketones is 1. The summed E-state index contributed by atoms with van der Waals surface area (Å²) < 4.78 is 64.3. The van der Waals surface area contributed by atoms with E-state index in [-0.39, 0.29) is 35.5 Å². The van der Waals surface area contributed by atoms with Crippen molar-refractivity contribution >= 4 is 34.8 Å². The molecule has 1 atom stereocenters. The molecule has 1 aliphatic rings. The van der Waals surface area contributed by atoms with Crippen molar-refractivity contribution in [2.75, 3.05) is 36.2 Å². The molecule has 14 heteroatoms. The van der Waals surface area contributed by atoms with Crippen molar-refractivity contribution in [2.24, 2.45) is 0 Å². The Morgan fingerprint density at radius 2 is 1.77 bits per heavy atom. The van der Waals surface area contributed by atoms with Crippen molar-refractivity contribution in [1.29, 1.82) is 0 Å². The third-order valence-electron chi connectivity index (χ3n) is 7.14. The summed E-state index contributed by atoms with van der Waals surface area (Å²) in [6, 6.07) is 8.17. The van der Waals surface area contributed by atoms with Crippen molar-refractivity contribution in [3.8, 4) is 11.3 Å². The molecule has 2 aromatic carbocycles. The van der Waals surface area contributed by atoms with Crippen molar-refractivity contribution in [3.63, 3.8) is 0 Å². The number of alkyl halides is 3. The molecule has 0 spiro atoms. The number of halogens is 3. The minimum Gasteiger partial charge on any atom is -0.444 e. The number of amides is 2. The predicted molar refractivity (Wildman–Crippen MR) is 168 cm³/mol. The SMILES string of the molecule is Cc1noc(-c2cccc(C(=O)CC(=O)Nc3cc(C(F)(F)F)c(N(C)C)cc3NC(=O)OC(C)(C)C)c2)c1COC1CCCCO1. The lowest BCUT2D eigenvalue weighted by Crippen LogP contribution is -2.28. The molecule has 0 aliphatic carbocycles. The van der Waals surface area contributed by atoms with Gasteiger partial charge in [-0.15, -0.1) is 0 Å². The summed E-state index contributed by atoms with van der Waals surface area (Å²) in [5, 5.41) is 8.81. The van der Waals surface area contributed by atoms with Crippen molar-refractivity contribution in [2.45, 2.75) is 78.1 Å². The molecule has 1 aliphatic heterocycles. The molecule has 1 unspecified atom stereocenters. The molecule has 0 radical (unpaired) electrons. The molecule has 2 heterocycles. The van der Waals surface area contributed by atoms with Crippen LogP contribution in [0, 0.1) is 6.92 Å². The summed E-state index contributed by atoms with van der Waals surface area (Å²) >= 11 is 0. The average molecular weight is 661 g/mol. The number of ether oxygens (including phenoxy) is 3. The van der Waals surface area contributed by atoms with Gasteiger partial charge in [0, 0.05) is 37.4 Å². The zero-order valence-corrected chi connectivity index (χ0v) is 27.2. The first-order chi connectivity index (χ1) is 22.0. The Morgan fingerprint density at radius 1 is 1.04 bits per heavy atom. The molecule has 0 bridgehead atoms. The van der Waals surface area contributed by atoms with Gasteiger partial charge >= 0.3 is 12.3 Å². The van der Waals surface area contributed by atoms with E-state index >= 15 is 0 Å². The molecule has 0 saturated carbocycles. The number of benzene rings is 2. The second kappa shape index (κ2) is 14.6. The Kier molecular flexibility index (Phi) is 11.0. The van der Waals surface area contributed by atoms with E-state index in [9.17, 15) is 27.6 Å². The third kappa shape index (κ3) is 9.55. The smallest absolute Gasteiger partial charge is 0.418 e. The van der Waals surface area contributed by atoms with Crippen LogP contribution in [-0.2, 0) is 31.8 Å². The van der Waals surface area contributed by atoms with Gasteiger partial charge in [-0.25, -0.2) is 4.79 Å². The highest BCUT2D eigenvalue weighted by Gasteiger charge is 2.36.